The van der Waals surface area contributed by atoms with Gasteiger partial charge < -0.3 is 10.0 Å². The van der Waals surface area contributed by atoms with Crippen LogP contribution in [0.25, 0.3) is 0 Å². The van der Waals surface area contributed by atoms with Gasteiger partial charge in [-0.15, -0.1) is 0 Å². The normalized spacial score (nSPS) is 24.8. The van der Waals surface area contributed by atoms with E-state index in [4.69, 9.17) is 0 Å². The molecule has 0 aliphatic carbocycles. The van der Waals surface area contributed by atoms with Crippen molar-refractivity contribution in [3.63, 3.8) is 0 Å². The van der Waals surface area contributed by atoms with Crippen LogP contribution >= 0.6 is 0 Å². The second-order valence-electron chi connectivity index (χ2n) is 6.90. The fraction of sp³-hybridized carbons (Fsp3) is 0.938. The maximum Gasteiger partial charge on any atom is 0.323 e. The number of rotatable bonds is 7. The van der Waals surface area contributed by atoms with E-state index in [9.17, 15) is 9.90 Å². The van der Waals surface area contributed by atoms with E-state index in [1.165, 1.54) is 0 Å². The first-order valence-electron chi connectivity index (χ1n) is 8.22. The molecule has 0 radical (unpaired) electrons. The highest BCUT2D eigenvalue weighted by Crippen LogP contribution is 2.17. The maximum atomic E-state index is 11.6. The van der Waals surface area contributed by atoms with Crippen molar-refractivity contribution in [3.8, 4) is 0 Å². The molecule has 2 unspecified atom stereocenters. The van der Waals surface area contributed by atoms with Crippen LogP contribution in [0.1, 0.15) is 47.0 Å². The van der Waals surface area contributed by atoms with Crippen LogP contribution in [0.15, 0.2) is 0 Å². The lowest BCUT2D eigenvalue weighted by Gasteiger charge is -2.34. The Balaban J connectivity index is 2.66. The summed E-state index contributed by atoms with van der Waals surface area (Å²) in [5.74, 6) is -0.754. The topological polar surface area (TPSA) is 55.8 Å². The second-order valence-corrected chi connectivity index (χ2v) is 6.90. The molecule has 2 N–H and O–H groups in total. The van der Waals surface area contributed by atoms with Crippen molar-refractivity contribution in [2.75, 3.05) is 33.2 Å². The van der Waals surface area contributed by atoms with Gasteiger partial charge in [-0.05, 0) is 60.2 Å². The van der Waals surface area contributed by atoms with Crippen LogP contribution in [0, 0.1) is 0 Å². The molecule has 5 heteroatoms. The molecule has 21 heavy (non-hydrogen) atoms. The van der Waals surface area contributed by atoms with Crippen molar-refractivity contribution in [2.45, 2.75) is 64.6 Å². The Morgan fingerprint density at radius 3 is 2.62 bits per heavy atom. The number of hydrogen-bond donors (Lipinski definition) is 2. The lowest BCUT2D eigenvalue weighted by atomic mass is 9.96. The summed E-state index contributed by atoms with van der Waals surface area (Å²) >= 11 is 0. The predicted octanol–water partition coefficient (Wildman–Crippen LogP) is 1.63. The van der Waals surface area contributed by atoms with Crippen molar-refractivity contribution in [3.05, 3.63) is 0 Å². The number of aliphatic carboxylic acids is 1. The highest BCUT2D eigenvalue weighted by Gasteiger charge is 2.34. The molecule has 1 saturated heterocycles. The number of likely N-dealkylation sites (N-methyl/N-ethyl adjacent to an activating group) is 1. The summed E-state index contributed by atoms with van der Waals surface area (Å²) in [7, 11) is 2.17. The van der Waals surface area contributed by atoms with Crippen LogP contribution in [-0.2, 0) is 4.79 Å². The molecule has 124 valence electrons. The Bertz CT molecular complexity index is 335. The summed E-state index contributed by atoms with van der Waals surface area (Å²) in [5.41, 5.74) is -0.843. The van der Waals surface area contributed by atoms with E-state index in [0.29, 0.717) is 12.5 Å². The maximum absolute atomic E-state index is 11.6. The van der Waals surface area contributed by atoms with Crippen LogP contribution in [0.3, 0.4) is 0 Å². The molecule has 0 aromatic rings. The lowest BCUT2D eigenvalue weighted by Crippen LogP contribution is -2.54. The van der Waals surface area contributed by atoms with E-state index < -0.39 is 11.5 Å². The Morgan fingerprint density at radius 1 is 1.43 bits per heavy atom. The third-order valence-corrected chi connectivity index (χ3v) is 4.47. The van der Waals surface area contributed by atoms with Gasteiger partial charge in [0.25, 0.3) is 0 Å². The number of nitrogens with zero attached hydrogens (tertiary/aromatic N) is 2. The minimum atomic E-state index is -0.843. The molecule has 1 fully saturated rings. The average Bonchev–Trinajstić information content (AvgIpc) is 2.56. The monoisotopic (exact) mass is 299 g/mol. The molecule has 1 aliphatic heterocycles. The summed E-state index contributed by atoms with van der Waals surface area (Å²) in [6.45, 7) is 12.1. The number of carboxylic acids is 1. The van der Waals surface area contributed by atoms with Gasteiger partial charge in [0.2, 0.25) is 0 Å². The summed E-state index contributed by atoms with van der Waals surface area (Å²) in [6.07, 6.45) is 2.92. The number of nitrogens with one attached hydrogen (secondary N) is 1. The lowest BCUT2D eigenvalue weighted by molar-refractivity contribution is -0.145. The second kappa shape index (κ2) is 8.11. The van der Waals surface area contributed by atoms with Crippen molar-refractivity contribution < 1.29 is 9.90 Å². The molecule has 0 spiro atoms. The molecule has 1 rings (SSSR count). The quantitative estimate of drug-likeness (QED) is 0.748. The number of carboxylic acid groups (broad SMARTS) is 1. The van der Waals surface area contributed by atoms with Crippen molar-refractivity contribution >= 4 is 5.97 Å². The van der Waals surface area contributed by atoms with Gasteiger partial charge in [-0.2, -0.15) is 0 Å². The summed E-state index contributed by atoms with van der Waals surface area (Å²) in [4.78, 5) is 16.5. The first kappa shape index (κ1) is 18.4. The van der Waals surface area contributed by atoms with Crippen LogP contribution in [0.5, 0.6) is 0 Å². The summed E-state index contributed by atoms with van der Waals surface area (Å²) in [5, 5.41) is 12.8. The predicted molar refractivity (Wildman–Crippen MR) is 86.7 cm³/mol. The first-order valence-corrected chi connectivity index (χ1v) is 8.22. The highest BCUT2D eigenvalue weighted by atomic mass is 16.4. The largest absolute Gasteiger partial charge is 0.480 e. The molecular weight excluding hydrogens is 266 g/mol. The molecule has 0 amide bonds. The fourth-order valence-corrected chi connectivity index (χ4v) is 3.22. The Hall–Kier alpha value is -0.650. The number of carbonyl (C=O) groups is 1. The third-order valence-electron chi connectivity index (χ3n) is 4.47. The average molecular weight is 299 g/mol. The van der Waals surface area contributed by atoms with Gasteiger partial charge in [-0.3, -0.25) is 15.0 Å². The Morgan fingerprint density at radius 2 is 2.10 bits per heavy atom. The van der Waals surface area contributed by atoms with Crippen LogP contribution in [0.2, 0.25) is 0 Å². The van der Waals surface area contributed by atoms with Crippen LogP contribution in [0.4, 0.5) is 0 Å². The molecule has 0 bridgehead atoms. The Kier molecular flexibility index (Phi) is 7.10. The smallest absolute Gasteiger partial charge is 0.323 e. The molecule has 0 saturated carbocycles. The highest BCUT2D eigenvalue weighted by molar-refractivity contribution is 5.78. The van der Waals surface area contributed by atoms with Crippen molar-refractivity contribution in [1.82, 2.24) is 15.1 Å². The van der Waals surface area contributed by atoms with E-state index in [0.717, 1.165) is 39.0 Å². The summed E-state index contributed by atoms with van der Waals surface area (Å²) in [6, 6.07) is 0.706. The van der Waals surface area contributed by atoms with Crippen LogP contribution in [-0.4, -0.2) is 71.7 Å². The van der Waals surface area contributed by atoms with Crippen molar-refractivity contribution in [1.29, 1.82) is 0 Å². The zero-order valence-corrected chi connectivity index (χ0v) is 14.4. The zero-order valence-electron chi connectivity index (χ0n) is 14.4. The van der Waals surface area contributed by atoms with E-state index in [-0.39, 0.29) is 6.04 Å². The van der Waals surface area contributed by atoms with Gasteiger partial charge >= 0.3 is 5.97 Å². The standard InChI is InChI=1S/C16H33N3O2/c1-6-14-12-18(5)9-7-10-19(14)11-8-16(4,15(20)21)17-13(2)3/h13-14,17H,6-12H2,1-5H3,(H,20,21). The SMILES string of the molecule is CCC1CN(C)CCCN1CCC(C)(NC(C)C)C(=O)O. The minimum absolute atomic E-state index is 0.170. The molecule has 0 aromatic carbocycles. The van der Waals surface area contributed by atoms with Crippen molar-refractivity contribution in [2.24, 2.45) is 0 Å². The van der Waals surface area contributed by atoms with Gasteiger partial charge in [-0.1, -0.05) is 6.92 Å². The molecule has 1 aliphatic rings. The molecule has 5 nitrogen and oxygen atoms in total. The van der Waals surface area contributed by atoms with E-state index in [1.54, 1.807) is 6.92 Å². The Labute approximate surface area is 129 Å². The van der Waals surface area contributed by atoms with E-state index >= 15 is 0 Å². The van der Waals surface area contributed by atoms with E-state index in [1.807, 2.05) is 13.8 Å². The molecule has 0 aromatic heterocycles. The van der Waals surface area contributed by atoms with Gasteiger partial charge in [-0.25, -0.2) is 0 Å². The molecule has 2 atom stereocenters. The number of hydrogen-bond acceptors (Lipinski definition) is 4. The van der Waals surface area contributed by atoms with E-state index in [2.05, 4.69) is 29.1 Å². The van der Waals surface area contributed by atoms with Gasteiger partial charge in [0.15, 0.2) is 0 Å². The van der Waals surface area contributed by atoms with Gasteiger partial charge in [0.05, 0.1) is 0 Å². The third kappa shape index (κ3) is 5.57. The fourth-order valence-electron chi connectivity index (χ4n) is 3.22. The zero-order chi connectivity index (χ0) is 16.0. The van der Waals surface area contributed by atoms with Gasteiger partial charge in [0, 0.05) is 25.2 Å². The van der Waals surface area contributed by atoms with Crippen LogP contribution < -0.4 is 5.32 Å². The molecule has 1 heterocycles. The first-order chi connectivity index (χ1) is 9.78. The summed E-state index contributed by atoms with van der Waals surface area (Å²) < 4.78 is 0. The molecular formula is C16H33N3O2. The van der Waals surface area contributed by atoms with Gasteiger partial charge in [0.1, 0.15) is 5.54 Å². The minimum Gasteiger partial charge on any atom is -0.480 e.